The molecular weight excluding hydrogens is 285 g/mol. The molecule has 0 atom stereocenters. The Kier molecular flexibility index (Phi) is 3.43. The molecule has 1 aromatic carbocycles. The molecule has 9 heteroatoms. The second kappa shape index (κ2) is 4.88. The van der Waals surface area contributed by atoms with Crippen LogP contribution in [0.4, 0.5) is 19.1 Å². The van der Waals surface area contributed by atoms with Crippen molar-refractivity contribution in [3.05, 3.63) is 40.7 Å². The van der Waals surface area contributed by atoms with Gasteiger partial charge in [0.2, 0.25) is 5.95 Å². The molecule has 0 saturated heterocycles. The zero-order valence-electron chi connectivity index (χ0n) is 9.12. The first-order valence-corrected chi connectivity index (χ1v) is 5.28. The quantitative estimate of drug-likeness (QED) is 0.893. The Bertz CT molecular complexity index is 597. The number of anilines is 1. The molecule has 19 heavy (non-hydrogen) atoms. The van der Waals surface area contributed by atoms with Gasteiger partial charge in [0, 0.05) is 10.6 Å². The SMILES string of the molecule is O=C(Nc1ncn[nH]1)c1cc(Cl)cc(C(F)(F)F)c1. The summed E-state index contributed by atoms with van der Waals surface area (Å²) in [6.07, 6.45) is -3.43. The summed E-state index contributed by atoms with van der Waals surface area (Å²) in [4.78, 5) is 15.3. The molecule has 0 aliphatic carbocycles. The Morgan fingerprint density at radius 2 is 2.05 bits per heavy atom. The summed E-state index contributed by atoms with van der Waals surface area (Å²) in [7, 11) is 0. The summed E-state index contributed by atoms with van der Waals surface area (Å²) in [5, 5.41) is 7.90. The van der Waals surface area contributed by atoms with E-state index in [1.165, 1.54) is 0 Å². The number of hydrogen-bond acceptors (Lipinski definition) is 3. The standard InChI is InChI=1S/C10H6ClF3N4O/c11-7-2-5(1-6(3-7)10(12,13)14)8(19)17-9-15-4-16-18-9/h1-4H,(H2,15,16,17,18,19). The van der Waals surface area contributed by atoms with Crippen LogP contribution in [-0.2, 0) is 6.18 Å². The molecule has 1 amide bonds. The third-order valence-corrected chi connectivity index (χ3v) is 2.35. The van der Waals surface area contributed by atoms with E-state index in [0.29, 0.717) is 6.07 Å². The van der Waals surface area contributed by atoms with Crippen molar-refractivity contribution in [2.45, 2.75) is 6.18 Å². The van der Waals surface area contributed by atoms with Crippen LogP contribution in [0.5, 0.6) is 0 Å². The first-order chi connectivity index (χ1) is 8.86. The first-order valence-electron chi connectivity index (χ1n) is 4.91. The van der Waals surface area contributed by atoms with E-state index in [4.69, 9.17) is 11.6 Å². The zero-order valence-corrected chi connectivity index (χ0v) is 9.88. The Morgan fingerprint density at radius 1 is 1.32 bits per heavy atom. The van der Waals surface area contributed by atoms with E-state index in [2.05, 4.69) is 20.5 Å². The highest BCUT2D eigenvalue weighted by Crippen LogP contribution is 2.31. The maximum absolute atomic E-state index is 12.6. The van der Waals surface area contributed by atoms with Crippen LogP contribution in [0, 0.1) is 0 Å². The smallest absolute Gasteiger partial charge is 0.291 e. The molecule has 5 nitrogen and oxygen atoms in total. The number of hydrogen-bond donors (Lipinski definition) is 2. The molecule has 0 saturated carbocycles. The van der Waals surface area contributed by atoms with Gasteiger partial charge < -0.3 is 0 Å². The summed E-state index contributed by atoms with van der Waals surface area (Å²) in [5.41, 5.74) is -1.22. The Hall–Kier alpha value is -2.09. The van der Waals surface area contributed by atoms with Gasteiger partial charge in [-0.15, -0.1) is 0 Å². The van der Waals surface area contributed by atoms with Crippen molar-refractivity contribution in [2.75, 3.05) is 5.32 Å². The van der Waals surface area contributed by atoms with Crippen molar-refractivity contribution >= 4 is 23.5 Å². The van der Waals surface area contributed by atoms with E-state index in [1.54, 1.807) is 0 Å². The zero-order chi connectivity index (χ0) is 14.0. The normalized spacial score (nSPS) is 11.4. The van der Waals surface area contributed by atoms with E-state index in [0.717, 1.165) is 18.5 Å². The van der Waals surface area contributed by atoms with Gasteiger partial charge in [0.15, 0.2) is 0 Å². The summed E-state index contributed by atoms with van der Waals surface area (Å²) in [5.74, 6) is -0.747. The van der Waals surface area contributed by atoms with Gasteiger partial charge >= 0.3 is 6.18 Å². The van der Waals surface area contributed by atoms with E-state index in [-0.39, 0.29) is 16.5 Å². The predicted molar refractivity (Wildman–Crippen MR) is 60.8 cm³/mol. The van der Waals surface area contributed by atoms with Gasteiger partial charge in [-0.2, -0.15) is 23.3 Å². The van der Waals surface area contributed by atoms with Crippen LogP contribution in [0.3, 0.4) is 0 Å². The number of H-pyrrole nitrogens is 1. The van der Waals surface area contributed by atoms with Crippen LogP contribution in [-0.4, -0.2) is 21.1 Å². The number of benzene rings is 1. The maximum Gasteiger partial charge on any atom is 0.416 e. The fraction of sp³-hybridized carbons (Fsp3) is 0.100. The maximum atomic E-state index is 12.6. The number of nitrogens with one attached hydrogen (secondary N) is 2. The van der Waals surface area contributed by atoms with Crippen molar-refractivity contribution in [1.29, 1.82) is 0 Å². The predicted octanol–water partition coefficient (Wildman–Crippen LogP) is 2.73. The molecule has 0 unspecified atom stereocenters. The highest BCUT2D eigenvalue weighted by atomic mass is 35.5. The van der Waals surface area contributed by atoms with Crippen molar-refractivity contribution in [3.8, 4) is 0 Å². The minimum atomic E-state index is -4.58. The lowest BCUT2D eigenvalue weighted by Crippen LogP contribution is -2.15. The Labute approximate surface area is 109 Å². The lowest BCUT2D eigenvalue weighted by atomic mass is 10.1. The molecule has 0 aliphatic heterocycles. The number of halogens is 4. The monoisotopic (exact) mass is 290 g/mol. The molecule has 0 radical (unpaired) electrons. The summed E-state index contributed by atoms with van der Waals surface area (Å²) < 4.78 is 37.7. The summed E-state index contributed by atoms with van der Waals surface area (Å²) >= 11 is 5.57. The van der Waals surface area contributed by atoms with Gasteiger partial charge in [-0.1, -0.05) is 11.6 Å². The second-order valence-electron chi connectivity index (χ2n) is 3.51. The third kappa shape index (κ3) is 3.22. The topological polar surface area (TPSA) is 70.7 Å². The van der Waals surface area contributed by atoms with Gasteiger partial charge in [0.05, 0.1) is 5.56 Å². The molecule has 2 aromatic rings. The summed E-state index contributed by atoms with van der Waals surface area (Å²) in [6.45, 7) is 0. The van der Waals surface area contributed by atoms with E-state index >= 15 is 0 Å². The molecule has 100 valence electrons. The van der Waals surface area contributed by atoms with Gasteiger partial charge in [0.25, 0.3) is 5.91 Å². The van der Waals surface area contributed by atoms with Crippen molar-refractivity contribution < 1.29 is 18.0 Å². The van der Waals surface area contributed by atoms with Crippen LogP contribution in [0.15, 0.2) is 24.5 Å². The lowest BCUT2D eigenvalue weighted by molar-refractivity contribution is -0.137. The molecule has 0 bridgehead atoms. The number of alkyl halides is 3. The lowest BCUT2D eigenvalue weighted by Gasteiger charge is -2.09. The summed E-state index contributed by atoms with van der Waals surface area (Å²) in [6, 6.07) is 2.58. The Balaban J connectivity index is 2.29. The number of carbonyl (C=O) groups is 1. The van der Waals surface area contributed by atoms with Crippen molar-refractivity contribution in [3.63, 3.8) is 0 Å². The van der Waals surface area contributed by atoms with Gasteiger partial charge in [0.1, 0.15) is 6.33 Å². The van der Waals surface area contributed by atoms with Gasteiger partial charge in [-0.3, -0.25) is 10.1 Å². The average Bonchev–Trinajstić information content (AvgIpc) is 2.79. The molecule has 1 heterocycles. The highest BCUT2D eigenvalue weighted by Gasteiger charge is 2.31. The molecular formula is C10H6ClF3N4O. The van der Waals surface area contributed by atoms with Gasteiger partial charge in [-0.25, -0.2) is 5.10 Å². The van der Waals surface area contributed by atoms with Gasteiger partial charge in [-0.05, 0) is 18.2 Å². The third-order valence-electron chi connectivity index (χ3n) is 2.13. The molecule has 1 aromatic heterocycles. The van der Waals surface area contributed by atoms with Crippen LogP contribution in [0.1, 0.15) is 15.9 Å². The minimum absolute atomic E-state index is 0.0264. The fourth-order valence-corrected chi connectivity index (χ4v) is 1.56. The van der Waals surface area contributed by atoms with E-state index in [9.17, 15) is 18.0 Å². The minimum Gasteiger partial charge on any atom is -0.291 e. The number of carbonyl (C=O) groups excluding carboxylic acids is 1. The molecule has 0 aliphatic rings. The first kappa shape index (κ1) is 13.3. The number of aromatic amines is 1. The Morgan fingerprint density at radius 3 is 2.63 bits per heavy atom. The van der Waals surface area contributed by atoms with Crippen molar-refractivity contribution in [1.82, 2.24) is 15.2 Å². The average molecular weight is 291 g/mol. The van der Waals surface area contributed by atoms with Crippen LogP contribution >= 0.6 is 11.6 Å². The highest BCUT2D eigenvalue weighted by molar-refractivity contribution is 6.31. The van der Waals surface area contributed by atoms with E-state index < -0.39 is 17.6 Å². The molecule has 2 rings (SSSR count). The molecule has 0 spiro atoms. The van der Waals surface area contributed by atoms with E-state index in [1.807, 2.05) is 0 Å². The largest absolute Gasteiger partial charge is 0.416 e. The van der Waals surface area contributed by atoms with Crippen LogP contribution < -0.4 is 5.32 Å². The van der Waals surface area contributed by atoms with Crippen molar-refractivity contribution in [2.24, 2.45) is 0 Å². The molecule has 0 fully saturated rings. The number of amides is 1. The number of nitrogens with zero attached hydrogens (tertiary/aromatic N) is 2. The number of aromatic nitrogens is 3. The molecule has 2 N–H and O–H groups in total. The van der Waals surface area contributed by atoms with Crippen LogP contribution in [0.2, 0.25) is 5.02 Å². The number of rotatable bonds is 2. The fourth-order valence-electron chi connectivity index (χ4n) is 1.33. The second-order valence-corrected chi connectivity index (χ2v) is 3.95. The van der Waals surface area contributed by atoms with Crippen LogP contribution in [0.25, 0.3) is 0 Å².